The van der Waals surface area contributed by atoms with Gasteiger partial charge in [0.25, 0.3) is 5.91 Å². The molecule has 38 heavy (non-hydrogen) atoms. The number of nitrogens with zero attached hydrogens (tertiary/aromatic N) is 1. The lowest BCUT2D eigenvalue weighted by Gasteiger charge is -2.49. The largest absolute Gasteiger partial charge is 0.489 e. The van der Waals surface area contributed by atoms with Gasteiger partial charge in [-0.1, -0.05) is 43.3 Å². The van der Waals surface area contributed by atoms with E-state index < -0.39 is 0 Å². The molecule has 1 aliphatic heterocycles. The Morgan fingerprint density at radius 3 is 2.92 bits per heavy atom. The van der Waals surface area contributed by atoms with Crippen molar-refractivity contribution >= 4 is 5.91 Å². The van der Waals surface area contributed by atoms with E-state index in [9.17, 15) is 4.79 Å². The van der Waals surface area contributed by atoms with E-state index in [-0.39, 0.29) is 17.4 Å². The highest BCUT2D eigenvalue weighted by molar-refractivity contribution is 5.94. The lowest BCUT2D eigenvalue weighted by molar-refractivity contribution is 0.0850. The van der Waals surface area contributed by atoms with Crippen LogP contribution in [0.25, 0.3) is 0 Å². The first kappa shape index (κ1) is 24.0. The van der Waals surface area contributed by atoms with E-state index in [1.807, 2.05) is 6.07 Å². The standard InChI is InChI=1S/C32H37N3O3/c1-32-14-13-25-24-12-10-22(38-19-20-6-3-2-4-7-20)16-21(24)9-11-26(25)28(32)17-27-29(34-35-30(27)32)31(36)33-18-23-8-5-15-37-23/h2-4,6-7,10,12,16,23,25-26,28H,5,8-9,11,13-15,17-19H2,1H3,(H,33,36)(H,34,35)/t23?,25-,26-,28+,32+/m1/s1. The van der Waals surface area contributed by atoms with Crippen LogP contribution in [0.15, 0.2) is 48.5 Å². The summed E-state index contributed by atoms with van der Waals surface area (Å²) in [6.45, 7) is 4.37. The highest BCUT2D eigenvalue weighted by Gasteiger charge is 2.54. The Morgan fingerprint density at radius 1 is 1.18 bits per heavy atom. The summed E-state index contributed by atoms with van der Waals surface area (Å²) in [5, 5.41) is 10.9. The smallest absolute Gasteiger partial charge is 0.272 e. The maximum absolute atomic E-state index is 13.1. The van der Waals surface area contributed by atoms with E-state index in [1.54, 1.807) is 0 Å². The Morgan fingerprint density at radius 2 is 2.08 bits per heavy atom. The van der Waals surface area contributed by atoms with Crippen molar-refractivity contribution in [2.45, 2.75) is 75.9 Å². The molecule has 2 heterocycles. The quantitative estimate of drug-likeness (QED) is 0.460. The molecule has 6 heteroatoms. The Bertz CT molecular complexity index is 1330. The van der Waals surface area contributed by atoms with Crippen molar-refractivity contribution in [3.8, 4) is 5.75 Å². The van der Waals surface area contributed by atoms with Gasteiger partial charge < -0.3 is 14.8 Å². The molecule has 1 aromatic heterocycles. The number of H-pyrrole nitrogens is 1. The van der Waals surface area contributed by atoms with Crippen LogP contribution in [0, 0.1) is 11.8 Å². The van der Waals surface area contributed by atoms with Crippen LogP contribution in [0.4, 0.5) is 0 Å². The predicted octanol–water partition coefficient (Wildman–Crippen LogP) is 5.47. The van der Waals surface area contributed by atoms with E-state index in [2.05, 4.69) is 64.9 Å². The van der Waals surface area contributed by atoms with Gasteiger partial charge in [-0.25, -0.2) is 0 Å². The van der Waals surface area contributed by atoms with Gasteiger partial charge in [0.1, 0.15) is 12.4 Å². The van der Waals surface area contributed by atoms with Crippen LogP contribution in [-0.2, 0) is 29.6 Å². The van der Waals surface area contributed by atoms with Gasteiger partial charge in [-0.15, -0.1) is 0 Å². The Balaban J connectivity index is 1.07. The van der Waals surface area contributed by atoms with Crippen molar-refractivity contribution in [2.75, 3.05) is 13.2 Å². The minimum atomic E-state index is -0.0613. The lowest BCUT2D eigenvalue weighted by Crippen LogP contribution is -2.43. The second-order valence-corrected chi connectivity index (χ2v) is 12.0. The molecule has 0 radical (unpaired) electrons. The predicted molar refractivity (Wildman–Crippen MR) is 145 cm³/mol. The van der Waals surface area contributed by atoms with Gasteiger partial charge in [0.15, 0.2) is 5.69 Å². The normalized spacial score (nSPS) is 29.2. The minimum absolute atomic E-state index is 0.0613. The number of amides is 1. The number of carbonyl (C=O) groups is 1. The molecule has 0 bridgehead atoms. The molecule has 3 aliphatic carbocycles. The number of rotatable bonds is 6. The zero-order valence-corrected chi connectivity index (χ0v) is 22.2. The van der Waals surface area contributed by atoms with Crippen LogP contribution in [0.1, 0.15) is 83.4 Å². The fourth-order valence-corrected chi connectivity index (χ4v) is 7.94. The fourth-order valence-electron chi connectivity index (χ4n) is 7.94. The fraction of sp³-hybridized carbons (Fsp3) is 0.500. The van der Waals surface area contributed by atoms with Gasteiger partial charge in [0.05, 0.1) is 6.10 Å². The summed E-state index contributed by atoms with van der Waals surface area (Å²) in [6.07, 6.45) is 7.75. The van der Waals surface area contributed by atoms with E-state index >= 15 is 0 Å². The summed E-state index contributed by atoms with van der Waals surface area (Å²) < 4.78 is 11.8. The first-order valence-corrected chi connectivity index (χ1v) is 14.4. The number of fused-ring (bicyclic) bond motifs is 7. The van der Waals surface area contributed by atoms with Crippen LogP contribution in [0.3, 0.4) is 0 Å². The molecule has 2 fully saturated rings. The SMILES string of the molecule is C[C@]12CC[C@@H]3c4ccc(OCc5ccccc5)cc4CC[C@H]3[C@@H]1Cc1c(C(=O)NCC3CCCO3)n[nH]c12. The molecule has 6 nitrogen and oxygen atoms in total. The van der Waals surface area contributed by atoms with Gasteiger partial charge in [0, 0.05) is 29.8 Å². The monoisotopic (exact) mass is 511 g/mol. The van der Waals surface area contributed by atoms with Crippen molar-refractivity contribution in [3.63, 3.8) is 0 Å². The summed E-state index contributed by atoms with van der Waals surface area (Å²) in [6, 6.07) is 17.1. The number of aromatic nitrogens is 2. The van der Waals surface area contributed by atoms with E-state index in [0.717, 1.165) is 50.0 Å². The minimum Gasteiger partial charge on any atom is -0.489 e. The first-order chi connectivity index (χ1) is 18.6. The molecule has 1 unspecified atom stereocenters. The number of hydrogen-bond donors (Lipinski definition) is 2. The van der Waals surface area contributed by atoms with Crippen molar-refractivity contribution in [1.82, 2.24) is 15.5 Å². The van der Waals surface area contributed by atoms with Gasteiger partial charge >= 0.3 is 0 Å². The number of ether oxygens (including phenoxy) is 2. The Kier molecular flexibility index (Phi) is 6.03. The number of nitrogens with one attached hydrogen (secondary N) is 2. The van der Waals surface area contributed by atoms with Gasteiger partial charge in [0.2, 0.25) is 0 Å². The van der Waals surface area contributed by atoms with Gasteiger partial charge in [-0.2, -0.15) is 5.10 Å². The average molecular weight is 512 g/mol. The molecule has 198 valence electrons. The highest BCUT2D eigenvalue weighted by atomic mass is 16.5. The Hall–Kier alpha value is -3.12. The number of hydrogen-bond acceptors (Lipinski definition) is 4. The van der Waals surface area contributed by atoms with Crippen molar-refractivity contribution < 1.29 is 14.3 Å². The van der Waals surface area contributed by atoms with Crippen molar-refractivity contribution in [3.05, 3.63) is 82.2 Å². The lowest BCUT2D eigenvalue weighted by atomic mass is 9.55. The topological polar surface area (TPSA) is 76.2 Å². The summed E-state index contributed by atoms with van der Waals surface area (Å²) in [5.74, 6) is 2.65. The number of aryl methyl sites for hydroxylation is 1. The molecule has 7 rings (SSSR count). The average Bonchev–Trinajstić information content (AvgIpc) is 3.68. The number of aromatic amines is 1. The zero-order chi connectivity index (χ0) is 25.7. The summed E-state index contributed by atoms with van der Waals surface area (Å²) in [5.41, 5.74) is 7.17. The molecule has 1 amide bonds. The van der Waals surface area contributed by atoms with Crippen molar-refractivity contribution in [1.29, 1.82) is 0 Å². The molecule has 2 aromatic carbocycles. The summed E-state index contributed by atoms with van der Waals surface area (Å²) in [4.78, 5) is 13.1. The molecular weight excluding hydrogens is 474 g/mol. The summed E-state index contributed by atoms with van der Waals surface area (Å²) >= 11 is 0. The second kappa shape index (κ2) is 9.57. The number of benzene rings is 2. The summed E-state index contributed by atoms with van der Waals surface area (Å²) in [7, 11) is 0. The van der Waals surface area contributed by atoms with Crippen LogP contribution < -0.4 is 10.1 Å². The molecule has 5 atom stereocenters. The molecule has 2 N–H and O–H groups in total. The second-order valence-electron chi connectivity index (χ2n) is 12.0. The molecule has 1 saturated carbocycles. The third kappa shape index (κ3) is 4.05. The third-order valence-electron chi connectivity index (χ3n) is 9.93. The molecule has 3 aromatic rings. The Labute approximate surface area is 224 Å². The first-order valence-electron chi connectivity index (χ1n) is 14.4. The van der Waals surface area contributed by atoms with E-state index in [4.69, 9.17) is 9.47 Å². The van der Waals surface area contributed by atoms with E-state index in [0.29, 0.717) is 36.6 Å². The van der Waals surface area contributed by atoms with Crippen LogP contribution in [-0.4, -0.2) is 35.4 Å². The maximum Gasteiger partial charge on any atom is 0.272 e. The van der Waals surface area contributed by atoms with Crippen LogP contribution in [0.5, 0.6) is 5.75 Å². The number of carbonyl (C=O) groups excluding carboxylic acids is 1. The molecule has 0 spiro atoms. The zero-order valence-electron chi connectivity index (χ0n) is 22.2. The van der Waals surface area contributed by atoms with Gasteiger partial charge in [-0.05, 0) is 91.5 Å². The molecular formula is C32H37N3O3. The van der Waals surface area contributed by atoms with E-state index in [1.165, 1.54) is 35.2 Å². The van der Waals surface area contributed by atoms with Crippen LogP contribution in [0.2, 0.25) is 0 Å². The van der Waals surface area contributed by atoms with Crippen molar-refractivity contribution in [2.24, 2.45) is 11.8 Å². The van der Waals surface area contributed by atoms with Gasteiger partial charge in [-0.3, -0.25) is 9.89 Å². The molecule has 4 aliphatic rings. The molecule has 1 saturated heterocycles. The highest BCUT2D eigenvalue weighted by Crippen LogP contribution is 2.60. The third-order valence-corrected chi connectivity index (χ3v) is 9.93. The maximum atomic E-state index is 13.1. The van der Waals surface area contributed by atoms with Crippen LogP contribution >= 0.6 is 0 Å².